The number of aliphatic hydroxyl groups excluding tert-OH is 2. The molecule has 0 saturated carbocycles. The number of amides is 1. The summed E-state index contributed by atoms with van der Waals surface area (Å²) in [5.74, 6) is -0.905. The number of nitrogens with zero attached hydrogens (tertiary/aromatic N) is 1. The summed E-state index contributed by atoms with van der Waals surface area (Å²) in [6.45, 7) is 3.52. The minimum absolute atomic E-state index is 0.0545. The number of aromatic hydroxyl groups is 1. The first kappa shape index (κ1) is 31.1. The van der Waals surface area contributed by atoms with Crippen LogP contribution in [-0.2, 0) is 30.4 Å². The summed E-state index contributed by atoms with van der Waals surface area (Å²) >= 11 is 0. The number of benzene rings is 3. The number of carbonyl (C=O) groups excluding carboxylic acids is 2. The molecule has 0 radical (unpaired) electrons. The standard InChI is InChI=1S/C32H38N2O8/c1-20(40-21(2)36)31(39)33-26-8-4-7-25(14-26)32-41-28(16-30(42-32)23-12-10-22(19-35)11-13-23)17-34(3)18-29(38)24-6-5-9-27(37)15-24/h4-15,20,28-30,32,35,37-38H,16-19H2,1-3H3,(H,33,39). The van der Waals surface area contributed by atoms with Crippen LogP contribution in [0.15, 0.2) is 72.8 Å². The molecule has 42 heavy (non-hydrogen) atoms. The first-order valence-corrected chi connectivity index (χ1v) is 13.9. The molecule has 1 fully saturated rings. The number of anilines is 1. The second kappa shape index (κ2) is 14.4. The molecule has 0 aliphatic carbocycles. The van der Waals surface area contributed by atoms with E-state index >= 15 is 0 Å². The van der Waals surface area contributed by atoms with E-state index in [1.54, 1.807) is 42.5 Å². The zero-order chi connectivity index (χ0) is 30.2. The Hall–Kier alpha value is -3.80. The number of phenols is 1. The Morgan fingerprint density at radius 2 is 1.79 bits per heavy atom. The van der Waals surface area contributed by atoms with E-state index in [1.165, 1.54) is 13.8 Å². The van der Waals surface area contributed by atoms with Gasteiger partial charge in [0.05, 0.1) is 24.9 Å². The lowest BCUT2D eigenvalue weighted by atomic mass is 9.99. The molecule has 4 rings (SSSR count). The van der Waals surface area contributed by atoms with Crippen LogP contribution in [0.4, 0.5) is 5.69 Å². The summed E-state index contributed by atoms with van der Waals surface area (Å²) in [5.41, 5.74) is 3.55. The van der Waals surface area contributed by atoms with E-state index in [2.05, 4.69) is 5.32 Å². The van der Waals surface area contributed by atoms with E-state index in [9.17, 15) is 24.9 Å². The largest absolute Gasteiger partial charge is 0.508 e. The lowest BCUT2D eigenvalue weighted by Crippen LogP contribution is -2.39. The molecule has 1 aliphatic heterocycles. The Balaban J connectivity index is 1.50. The number of likely N-dealkylation sites (N-methyl/N-ethyl adjacent to an activating group) is 1. The van der Waals surface area contributed by atoms with Crippen molar-refractivity contribution in [1.82, 2.24) is 4.90 Å². The molecular formula is C32H38N2O8. The molecule has 5 unspecified atom stereocenters. The fourth-order valence-corrected chi connectivity index (χ4v) is 4.90. The predicted molar refractivity (Wildman–Crippen MR) is 155 cm³/mol. The minimum atomic E-state index is -0.949. The fraction of sp³-hybridized carbons (Fsp3) is 0.375. The average molecular weight is 579 g/mol. The molecule has 1 saturated heterocycles. The first-order valence-electron chi connectivity index (χ1n) is 13.9. The molecule has 224 valence electrons. The number of aliphatic hydroxyl groups is 2. The van der Waals surface area contributed by atoms with E-state index in [4.69, 9.17) is 14.2 Å². The number of hydrogen-bond donors (Lipinski definition) is 4. The second-order valence-electron chi connectivity index (χ2n) is 10.5. The Bertz CT molecular complexity index is 1350. The van der Waals surface area contributed by atoms with Gasteiger partial charge in [0.2, 0.25) is 0 Å². The highest BCUT2D eigenvalue weighted by Crippen LogP contribution is 2.38. The van der Waals surface area contributed by atoms with Crippen LogP contribution in [0.3, 0.4) is 0 Å². The third-order valence-corrected chi connectivity index (χ3v) is 7.01. The molecule has 1 aliphatic rings. The average Bonchev–Trinajstić information content (AvgIpc) is 2.96. The van der Waals surface area contributed by atoms with Crippen molar-refractivity contribution in [2.45, 2.75) is 57.6 Å². The number of nitrogens with one attached hydrogen (secondary N) is 1. The maximum Gasteiger partial charge on any atom is 0.303 e. The maximum absolute atomic E-state index is 12.5. The van der Waals surface area contributed by atoms with Crippen molar-refractivity contribution in [2.24, 2.45) is 0 Å². The van der Waals surface area contributed by atoms with Crippen LogP contribution in [0.2, 0.25) is 0 Å². The number of rotatable bonds is 11. The lowest BCUT2D eigenvalue weighted by Gasteiger charge is -2.38. The van der Waals surface area contributed by atoms with Gasteiger partial charge in [-0.2, -0.15) is 0 Å². The van der Waals surface area contributed by atoms with Crippen molar-refractivity contribution in [3.05, 3.63) is 95.1 Å². The van der Waals surface area contributed by atoms with Crippen LogP contribution < -0.4 is 5.32 Å². The van der Waals surface area contributed by atoms with Gasteiger partial charge >= 0.3 is 5.97 Å². The van der Waals surface area contributed by atoms with E-state index in [1.807, 2.05) is 42.3 Å². The van der Waals surface area contributed by atoms with Crippen molar-refractivity contribution >= 4 is 17.6 Å². The summed E-state index contributed by atoms with van der Waals surface area (Å²) in [5, 5.41) is 32.7. The first-order chi connectivity index (χ1) is 20.1. The zero-order valence-electron chi connectivity index (χ0n) is 24.0. The summed E-state index contributed by atoms with van der Waals surface area (Å²) in [4.78, 5) is 25.7. The van der Waals surface area contributed by atoms with Gasteiger partial charge in [-0.3, -0.25) is 9.59 Å². The van der Waals surface area contributed by atoms with Crippen molar-refractivity contribution in [1.29, 1.82) is 0 Å². The number of esters is 1. The molecule has 0 bridgehead atoms. The van der Waals surface area contributed by atoms with Gasteiger partial charge < -0.3 is 39.7 Å². The predicted octanol–water partition coefficient (Wildman–Crippen LogP) is 3.99. The van der Waals surface area contributed by atoms with Crippen molar-refractivity contribution < 1.29 is 39.1 Å². The summed E-state index contributed by atoms with van der Waals surface area (Å²) < 4.78 is 17.8. The molecule has 4 N–H and O–H groups in total. The molecule has 5 atom stereocenters. The van der Waals surface area contributed by atoms with E-state index in [0.29, 0.717) is 36.3 Å². The molecule has 10 nitrogen and oxygen atoms in total. The maximum atomic E-state index is 12.5. The van der Waals surface area contributed by atoms with Crippen molar-refractivity contribution in [3.63, 3.8) is 0 Å². The molecule has 0 aromatic heterocycles. The summed E-state index contributed by atoms with van der Waals surface area (Å²) in [6.07, 6.45) is -2.52. The Kier molecular flexibility index (Phi) is 10.7. The van der Waals surface area contributed by atoms with Crippen LogP contribution in [0.5, 0.6) is 5.75 Å². The molecule has 1 amide bonds. The smallest absolute Gasteiger partial charge is 0.303 e. The highest BCUT2D eigenvalue weighted by Gasteiger charge is 2.33. The molecule has 0 spiro atoms. The van der Waals surface area contributed by atoms with Crippen LogP contribution in [0, 0.1) is 0 Å². The minimum Gasteiger partial charge on any atom is -0.508 e. The van der Waals surface area contributed by atoms with Gasteiger partial charge in [-0.1, -0.05) is 48.5 Å². The highest BCUT2D eigenvalue weighted by atomic mass is 16.7. The Morgan fingerprint density at radius 1 is 1.05 bits per heavy atom. The van der Waals surface area contributed by atoms with E-state index < -0.39 is 30.4 Å². The van der Waals surface area contributed by atoms with Gasteiger partial charge in [-0.05, 0) is 54.9 Å². The third-order valence-electron chi connectivity index (χ3n) is 7.01. The Labute approximate surface area is 245 Å². The van der Waals surface area contributed by atoms with Crippen molar-refractivity contribution in [2.75, 3.05) is 25.5 Å². The van der Waals surface area contributed by atoms with E-state index in [-0.39, 0.29) is 24.6 Å². The van der Waals surface area contributed by atoms with Gasteiger partial charge in [0.15, 0.2) is 12.4 Å². The molecule has 10 heteroatoms. The highest BCUT2D eigenvalue weighted by molar-refractivity contribution is 5.95. The summed E-state index contributed by atoms with van der Waals surface area (Å²) in [7, 11) is 1.89. The van der Waals surface area contributed by atoms with E-state index in [0.717, 1.165) is 11.1 Å². The van der Waals surface area contributed by atoms with Crippen LogP contribution in [-0.4, -0.2) is 64.4 Å². The summed E-state index contributed by atoms with van der Waals surface area (Å²) in [6, 6.07) is 21.2. The molecular weight excluding hydrogens is 540 g/mol. The normalized spacial score (nSPS) is 20.1. The van der Waals surface area contributed by atoms with Gasteiger partial charge in [-0.25, -0.2) is 0 Å². The number of ether oxygens (including phenoxy) is 3. The molecule has 3 aromatic rings. The van der Waals surface area contributed by atoms with Crippen LogP contribution in [0.25, 0.3) is 0 Å². The van der Waals surface area contributed by atoms with Gasteiger partial charge in [-0.15, -0.1) is 0 Å². The number of hydrogen-bond acceptors (Lipinski definition) is 9. The third kappa shape index (κ3) is 8.60. The second-order valence-corrected chi connectivity index (χ2v) is 10.5. The zero-order valence-corrected chi connectivity index (χ0v) is 24.0. The van der Waals surface area contributed by atoms with Crippen LogP contribution >= 0.6 is 0 Å². The van der Waals surface area contributed by atoms with Crippen LogP contribution in [0.1, 0.15) is 61.0 Å². The topological polar surface area (TPSA) is 138 Å². The fourth-order valence-electron chi connectivity index (χ4n) is 4.90. The number of phenolic OH excluding ortho intramolecular Hbond substituents is 1. The number of carbonyl (C=O) groups is 2. The van der Waals surface area contributed by atoms with Gasteiger partial charge in [0.25, 0.3) is 5.91 Å². The SMILES string of the molecule is CC(=O)OC(C)C(=O)Nc1cccc(C2OC(CN(C)CC(O)c3cccc(O)c3)CC(c3ccc(CO)cc3)O2)c1. The Morgan fingerprint density at radius 3 is 2.48 bits per heavy atom. The van der Waals surface area contributed by atoms with Gasteiger partial charge in [0, 0.05) is 37.7 Å². The van der Waals surface area contributed by atoms with Crippen molar-refractivity contribution in [3.8, 4) is 5.75 Å². The monoisotopic (exact) mass is 578 g/mol. The quantitative estimate of drug-likeness (QED) is 0.249. The lowest BCUT2D eigenvalue weighted by molar-refractivity contribution is -0.252. The molecule has 3 aromatic carbocycles. The van der Waals surface area contributed by atoms with Gasteiger partial charge in [0.1, 0.15) is 5.75 Å². The molecule has 1 heterocycles.